The largest absolute Gasteiger partial charge is 0.481 e. The Kier molecular flexibility index (Phi) is 4.51. The first-order valence-electron chi connectivity index (χ1n) is 4.31. The van der Waals surface area contributed by atoms with Crippen LogP contribution < -0.4 is 0 Å². The molecule has 1 aliphatic rings. The molecule has 4 heteroatoms. The van der Waals surface area contributed by atoms with Crippen molar-refractivity contribution < 1.29 is 19.8 Å². The quantitative estimate of drug-likeness (QED) is 0.682. The monoisotopic (exact) mass is 210 g/mol. The van der Waals surface area contributed by atoms with E-state index in [0.29, 0.717) is 0 Å². The maximum Gasteiger partial charge on any atom is 0.331 e. The van der Waals surface area contributed by atoms with Crippen LogP contribution in [0.5, 0.6) is 0 Å². The van der Waals surface area contributed by atoms with Gasteiger partial charge >= 0.3 is 11.9 Å². The number of allylic oxidation sites excluding steroid dienone is 2. The van der Waals surface area contributed by atoms with Crippen molar-refractivity contribution in [1.82, 2.24) is 0 Å². The van der Waals surface area contributed by atoms with E-state index in [1.807, 2.05) is 0 Å². The molecule has 82 valence electrons. The van der Waals surface area contributed by atoms with Crippen LogP contribution in [-0.2, 0) is 9.59 Å². The summed E-state index contributed by atoms with van der Waals surface area (Å²) >= 11 is 0. The predicted molar refractivity (Wildman–Crippen MR) is 56.5 cm³/mol. The van der Waals surface area contributed by atoms with Crippen molar-refractivity contribution in [2.24, 2.45) is 5.41 Å². The minimum absolute atomic E-state index is 0.0359. The van der Waals surface area contributed by atoms with E-state index in [2.05, 4.69) is 13.2 Å². The maximum atomic E-state index is 10.8. The third-order valence-corrected chi connectivity index (χ3v) is 2.08. The van der Waals surface area contributed by atoms with Crippen molar-refractivity contribution in [1.29, 1.82) is 0 Å². The summed E-state index contributed by atoms with van der Waals surface area (Å²) in [5.74, 6) is -2.06. The second-order valence-electron chi connectivity index (χ2n) is 3.26. The molecular weight excluding hydrogens is 196 g/mol. The van der Waals surface area contributed by atoms with Crippen LogP contribution in [0.1, 0.15) is 13.3 Å². The Balaban J connectivity index is 0.000000921. The lowest BCUT2D eigenvalue weighted by Crippen LogP contribution is -2.28. The van der Waals surface area contributed by atoms with Crippen molar-refractivity contribution in [2.75, 3.05) is 0 Å². The smallest absolute Gasteiger partial charge is 0.331 e. The van der Waals surface area contributed by atoms with Gasteiger partial charge in [0.25, 0.3) is 0 Å². The van der Waals surface area contributed by atoms with Crippen molar-refractivity contribution in [2.45, 2.75) is 13.3 Å². The van der Waals surface area contributed by atoms with E-state index >= 15 is 0 Å². The minimum atomic E-state index is -1.08. The van der Waals surface area contributed by atoms with Gasteiger partial charge in [-0.05, 0) is 13.3 Å². The van der Waals surface area contributed by atoms with Gasteiger partial charge in [-0.1, -0.05) is 18.2 Å². The Labute approximate surface area is 88.2 Å². The highest BCUT2D eigenvalue weighted by molar-refractivity contribution is 5.90. The van der Waals surface area contributed by atoms with Crippen LogP contribution in [0.3, 0.4) is 0 Å². The van der Waals surface area contributed by atoms with E-state index in [-0.39, 0.29) is 12.0 Å². The molecule has 1 rings (SSSR count). The molecule has 1 atom stereocenters. The van der Waals surface area contributed by atoms with Gasteiger partial charge in [0.1, 0.15) is 0 Å². The molecule has 0 heterocycles. The minimum Gasteiger partial charge on any atom is -0.481 e. The van der Waals surface area contributed by atoms with E-state index in [0.717, 1.165) is 0 Å². The number of carbonyl (C=O) groups is 2. The van der Waals surface area contributed by atoms with Crippen molar-refractivity contribution in [3.05, 3.63) is 37.0 Å². The Bertz CT molecular complexity index is 327. The van der Waals surface area contributed by atoms with E-state index < -0.39 is 17.4 Å². The summed E-state index contributed by atoms with van der Waals surface area (Å²) in [6, 6.07) is 0. The topological polar surface area (TPSA) is 74.6 Å². The summed E-state index contributed by atoms with van der Waals surface area (Å²) in [6.07, 6.45) is 4.43. The molecule has 0 radical (unpaired) electrons. The second kappa shape index (κ2) is 5.14. The van der Waals surface area contributed by atoms with E-state index in [1.165, 1.54) is 25.2 Å². The normalized spacial score (nSPS) is 23.4. The molecule has 0 saturated heterocycles. The molecule has 15 heavy (non-hydrogen) atoms. The first kappa shape index (κ1) is 13.2. The standard InChI is InChI=1S/C9H10O4.C2H4/c1-9(8(12)13)4-2-3-6(5-9)7(10)11;1-2/h2-4H,5H2,1H3,(H,10,11)(H,12,13);1-2H2. The van der Waals surface area contributed by atoms with Crippen molar-refractivity contribution >= 4 is 11.9 Å². The Morgan fingerprint density at radius 3 is 2.33 bits per heavy atom. The van der Waals surface area contributed by atoms with Crippen LogP contribution in [-0.4, -0.2) is 22.2 Å². The highest BCUT2D eigenvalue weighted by Crippen LogP contribution is 2.31. The number of rotatable bonds is 2. The number of hydrogen-bond donors (Lipinski definition) is 2. The summed E-state index contributed by atoms with van der Waals surface area (Å²) < 4.78 is 0. The lowest BCUT2D eigenvalue weighted by molar-refractivity contribution is -0.145. The van der Waals surface area contributed by atoms with Crippen LogP contribution in [0.2, 0.25) is 0 Å². The van der Waals surface area contributed by atoms with Crippen molar-refractivity contribution in [3.63, 3.8) is 0 Å². The zero-order valence-corrected chi connectivity index (χ0v) is 8.56. The third-order valence-electron chi connectivity index (χ3n) is 2.08. The zero-order chi connectivity index (χ0) is 12.1. The molecule has 0 aliphatic heterocycles. The fraction of sp³-hybridized carbons (Fsp3) is 0.273. The molecule has 0 aromatic carbocycles. The molecule has 0 saturated carbocycles. The third kappa shape index (κ3) is 3.09. The van der Waals surface area contributed by atoms with E-state index in [4.69, 9.17) is 10.2 Å². The Morgan fingerprint density at radius 2 is 1.93 bits per heavy atom. The molecule has 0 amide bonds. The zero-order valence-electron chi connectivity index (χ0n) is 8.56. The van der Waals surface area contributed by atoms with Gasteiger partial charge in [0, 0.05) is 5.57 Å². The molecule has 4 nitrogen and oxygen atoms in total. The SMILES string of the molecule is C=C.CC1(C(=O)O)C=CC=C(C(=O)O)C1. The summed E-state index contributed by atoms with van der Waals surface area (Å²) in [4.78, 5) is 21.3. The highest BCUT2D eigenvalue weighted by Gasteiger charge is 2.34. The van der Waals surface area contributed by atoms with Gasteiger partial charge in [-0.15, -0.1) is 13.2 Å². The van der Waals surface area contributed by atoms with Gasteiger partial charge in [0.05, 0.1) is 5.41 Å². The number of carboxylic acid groups (broad SMARTS) is 2. The molecule has 0 fully saturated rings. The van der Waals surface area contributed by atoms with Crippen LogP contribution in [0, 0.1) is 5.41 Å². The van der Waals surface area contributed by atoms with Gasteiger partial charge in [0.15, 0.2) is 0 Å². The Hall–Kier alpha value is -1.84. The lowest BCUT2D eigenvalue weighted by atomic mass is 9.80. The van der Waals surface area contributed by atoms with Gasteiger partial charge in [-0.25, -0.2) is 4.79 Å². The van der Waals surface area contributed by atoms with Crippen molar-refractivity contribution in [3.8, 4) is 0 Å². The van der Waals surface area contributed by atoms with Gasteiger partial charge in [-0.2, -0.15) is 0 Å². The summed E-state index contributed by atoms with van der Waals surface area (Å²) in [5, 5.41) is 17.5. The Morgan fingerprint density at radius 1 is 1.40 bits per heavy atom. The highest BCUT2D eigenvalue weighted by atomic mass is 16.4. The number of carboxylic acids is 2. The molecular formula is C11H14O4. The first-order valence-corrected chi connectivity index (χ1v) is 4.31. The average molecular weight is 210 g/mol. The van der Waals surface area contributed by atoms with Crippen LogP contribution in [0.15, 0.2) is 37.0 Å². The molecule has 0 spiro atoms. The molecule has 1 unspecified atom stereocenters. The molecule has 0 aromatic rings. The lowest BCUT2D eigenvalue weighted by Gasteiger charge is -2.23. The summed E-state index contributed by atoms with van der Waals surface area (Å²) in [6.45, 7) is 7.50. The van der Waals surface area contributed by atoms with Gasteiger partial charge in [-0.3, -0.25) is 4.79 Å². The fourth-order valence-electron chi connectivity index (χ4n) is 1.18. The molecule has 1 aliphatic carbocycles. The maximum absolute atomic E-state index is 10.8. The molecule has 2 N–H and O–H groups in total. The number of hydrogen-bond acceptors (Lipinski definition) is 2. The van der Waals surface area contributed by atoms with E-state index in [1.54, 1.807) is 0 Å². The first-order chi connectivity index (χ1) is 6.96. The van der Waals surface area contributed by atoms with Gasteiger partial charge in [0.2, 0.25) is 0 Å². The summed E-state index contributed by atoms with van der Waals surface area (Å²) in [5.41, 5.74) is -0.949. The van der Waals surface area contributed by atoms with Gasteiger partial charge < -0.3 is 10.2 Å². The van der Waals surface area contributed by atoms with Crippen LogP contribution in [0.4, 0.5) is 0 Å². The average Bonchev–Trinajstić information content (AvgIpc) is 2.20. The van der Waals surface area contributed by atoms with E-state index in [9.17, 15) is 9.59 Å². The second-order valence-corrected chi connectivity index (χ2v) is 3.26. The fourth-order valence-corrected chi connectivity index (χ4v) is 1.18. The van der Waals surface area contributed by atoms with Crippen LogP contribution in [0.25, 0.3) is 0 Å². The number of aliphatic carboxylic acids is 2. The summed E-state index contributed by atoms with van der Waals surface area (Å²) in [7, 11) is 0. The molecule has 0 aromatic heterocycles. The molecule has 0 bridgehead atoms. The van der Waals surface area contributed by atoms with Crippen LogP contribution >= 0.6 is 0 Å². The predicted octanol–water partition coefficient (Wildman–Crippen LogP) is 1.85.